The molecule has 0 aliphatic carbocycles. The van der Waals surface area contributed by atoms with E-state index in [4.69, 9.17) is 0 Å². The van der Waals surface area contributed by atoms with Gasteiger partial charge in [0.1, 0.15) is 0 Å². The fourth-order valence-electron chi connectivity index (χ4n) is 1.33. The van der Waals surface area contributed by atoms with Gasteiger partial charge in [-0.25, -0.2) is 0 Å². The summed E-state index contributed by atoms with van der Waals surface area (Å²) in [6.07, 6.45) is -0.613. The number of carboxylic acid groups (broad SMARTS) is 4. The minimum absolute atomic E-state index is 0. The molecule has 0 aromatic carbocycles. The van der Waals surface area contributed by atoms with Crippen LogP contribution in [0.3, 0.4) is 0 Å². The van der Waals surface area contributed by atoms with Crippen LogP contribution in [0.4, 0.5) is 0 Å². The van der Waals surface area contributed by atoms with E-state index in [1.54, 1.807) is 0 Å². The van der Waals surface area contributed by atoms with Crippen LogP contribution in [-0.4, -0.2) is 23.9 Å². The summed E-state index contributed by atoms with van der Waals surface area (Å²) in [5.74, 6) is -12.4. The predicted octanol–water partition coefficient (Wildman–Crippen LogP) is -6.01. The van der Waals surface area contributed by atoms with Gasteiger partial charge in [-0.15, -0.1) is 0 Å². The van der Waals surface area contributed by atoms with Gasteiger partial charge in [0.05, 0.1) is 23.3 Å². The predicted molar refractivity (Wildman–Crippen MR) is 36.2 cm³/mol. The molecule has 0 radical (unpaired) electrons. The van der Waals surface area contributed by atoms with Crippen LogP contribution in [0.25, 0.3) is 0 Å². The van der Waals surface area contributed by atoms with Crippen molar-refractivity contribution in [3.8, 4) is 0 Å². The van der Waals surface area contributed by atoms with Crippen molar-refractivity contribution in [2.75, 3.05) is 0 Å². The average Bonchev–Trinajstić information content (AvgIpc) is 2.10. The Morgan fingerprint density at radius 1 is 0.889 bits per heavy atom. The van der Waals surface area contributed by atoms with Crippen LogP contribution in [0.2, 0.25) is 0 Å². The normalized spacial score (nSPS) is 11.4. The van der Waals surface area contributed by atoms with Crippen molar-refractivity contribution in [3.05, 3.63) is 0 Å². The van der Waals surface area contributed by atoms with Crippen molar-refractivity contribution >= 4 is 23.9 Å². The zero-order chi connectivity index (χ0) is 13.1. The molecule has 0 aliphatic heterocycles. The monoisotopic (exact) mass is 358 g/mol. The molecule has 0 aromatic heterocycles. The number of carbonyl (C=O) groups is 4. The van der Waals surface area contributed by atoms with Gasteiger partial charge in [-0.05, 0) is 6.42 Å². The Hall–Kier alpha value is -0.873. The molecule has 8 nitrogen and oxygen atoms in total. The van der Waals surface area contributed by atoms with Gasteiger partial charge < -0.3 is 39.6 Å². The number of hydrogen-bond acceptors (Lipinski definition) is 8. The van der Waals surface area contributed by atoms with E-state index < -0.39 is 41.6 Å². The smallest absolute Gasteiger partial charge is 0.550 e. The minimum atomic E-state index is -3.76. The largest absolute Gasteiger partial charge is 2.00 e. The Morgan fingerprint density at radius 2 is 1.17 bits per heavy atom. The topological polar surface area (TPSA) is 161 Å². The number of carboxylic acids is 4. The second kappa shape index (κ2) is 8.27. The Morgan fingerprint density at radius 3 is 1.22 bits per heavy atom. The molecule has 0 amide bonds. The fraction of sp³-hybridized carbons (Fsp3) is 0.500. The first-order chi connectivity index (χ1) is 7.22. The third kappa shape index (κ3) is 3.56. The summed E-state index contributed by atoms with van der Waals surface area (Å²) in [4.78, 5) is 42.2. The van der Waals surface area contributed by atoms with E-state index >= 15 is 0 Å². The van der Waals surface area contributed by atoms with Crippen molar-refractivity contribution in [2.24, 2.45) is 11.3 Å². The van der Waals surface area contributed by atoms with Gasteiger partial charge in [-0.3, -0.25) is 0 Å². The second-order valence-corrected chi connectivity index (χ2v) is 2.95. The first-order valence-corrected chi connectivity index (χ1v) is 4.08. The number of carbonyl (C=O) groups excluding carboxylic acids is 4. The number of aliphatic carboxylic acids is 4. The van der Waals surface area contributed by atoms with Crippen LogP contribution in [0.5, 0.6) is 0 Å². The quantitative estimate of drug-likeness (QED) is 0.334. The first kappa shape index (κ1) is 22.3. The first-order valence-electron chi connectivity index (χ1n) is 4.08. The fourth-order valence-corrected chi connectivity index (χ4v) is 1.33. The maximum atomic E-state index is 10.6. The second-order valence-electron chi connectivity index (χ2n) is 2.95. The van der Waals surface area contributed by atoms with Gasteiger partial charge in [0.25, 0.3) is 0 Å². The maximum Gasteiger partial charge on any atom is 2.00 e. The Bertz CT molecular complexity index is 317. The molecule has 0 saturated heterocycles. The summed E-state index contributed by atoms with van der Waals surface area (Å²) in [5.41, 5.74) is -3.76. The molecule has 0 fully saturated rings. The average molecular weight is 361 g/mol. The molecule has 90 valence electrons. The van der Waals surface area contributed by atoms with Crippen LogP contribution >= 0.6 is 0 Å². The molecular formula is C8H6O8Zn2. The van der Waals surface area contributed by atoms with E-state index in [0.29, 0.717) is 0 Å². The SMILES string of the molecule is CCC(C(=O)[O-])C(C(=O)[O-])(C(=O)[O-])C(=O)[O-].[Zn+2].[Zn+2]. The van der Waals surface area contributed by atoms with Crippen LogP contribution in [0.15, 0.2) is 0 Å². The van der Waals surface area contributed by atoms with E-state index in [1.165, 1.54) is 0 Å². The summed E-state index contributed by atoms with van der Waals surface area (Å²) in [6.45, 7) is 1.07. The van der Waals surface area contributed by atoms with Crippen molar-refractivity contribution in [2.45, 2.75) is 13.3 Å². The summed E-state index contributed by atoms with van der Waals surface area (Å²) in [5, 5.41) is 42.2. The summed E-state index contributed by atoms with van der Waals surface area (Å²) < 4.78 is 0. The summed E-state index contributed by atoms with van der Waals surface area (Å²) >= 11 is 0. The van der Waals surface area contributed by atoms with Gasteiger partial charge in [0.2, 0.25) is 0 Å². The molecule has 0 bridgehead atoms. The van der Waals surface area contributed by atoms with Gasteiger partial charge in [0, 0.05) is 11.9 Å². The van der Waals surface area contributed by atoms with Gasteiger partial charge in [0.15, 0.2) is 0 Å². The maximum absolute atomic E-state index is 10.6. The zero-order valence-corrected chi connectivity index (χ0v) is 15.4. The van der Waals surface area contributed by atoms with Crippen LogP contribution < -0.4 is 20.4 Å². The van der Waals surface area contributed by atoms with Gasteiger partial charge in [-0.2, -0.15) is 0 Å². The van der Waals surface area contributed by atoms with E-state index in [9.17, 15) is 39.6 Å². The molecular weight excluding hydrogens is 355 g/mol. The molecule has 0 spiro atoms. The molecule has 0 heterocycles. The van der Waals surface area contributed by atoms with Crippen molar-refractivity contribution in [1.29, 1.82) is 0 Å². The minimum Gasteiger partial charge on any atom is -0.550 e. The number of rotatable bonds is 6. The van der Waals surface area contributed by atoms with Gasteiger partial charge in [-0.1, -0.05) is 6.92 Å². The van der Waals surface area contributed by atoms with Crippen molar-refractivity contribution in [3.63, 3.8) is 0 Å². The molecule has 0 N–H and O–H groups in total. The van der Waals surface area contributed by atoms with Crippen molar-refractivity contribution in [1.82, 2.24) is 0 Å². The Kier molecular flexibility index (Phi) is 10.3. The summed E-state index contributed by atoms with van der Waals surface area (Å²) in [6, 6.07) is 0. The molecule has 10 heteroatoms. The molecule has 18 heavy (non-hydrogen) atoms. The Labute approximate surface area is 127 Å². The molecule has 0 saturated carbocycles. The molecule has 1 unspecified atom stereocenters. The van der Waals surface area contributed by atoms with E-state index in [-0.39, 0.29) is 39.0 Å². The molecule has 1 atom stereocenters. The molecule has 0 rings (SSSR count). The standard InChI is InChI=1S/C8H10O8.2Zn/c1-2-3(4(9)10)8(5(11)12,6(13)14)7(15)16;;/h3H,2H2,1H3,(H,9,10)(H,11,12)(H,13,14)(H,15,16);;/q;2*+2/p-4. The third-order valence-corrected chi connectivity index (χ3v) is 2.18. The summed E-state index contributed by atoms with van der Waals surface area (Å²) in [7, 11) is 0. The molecule has 0 aliphatic rings. The number of hydrogen-bond donors (Lipinski definition) is 0. The third-order valence-electron chi connectivity index (χ3n) is 2.18. The van der Waals surface area contributed by atoms with Crippen LogP contribution in [0.1, 0.15) is 13.3 Å². The van der Waals surface area contributed by atoms with Crippen LogP contribution in [-0.2, 0) is 58.1 Å². The van der Waals surface area contributed by atoms with E-state index in [2.05, 4.69) is 0 Å². The Balaban J connectivity index is -0.00000112. The van der Waals surface area contributed by atoms with Gasteiger partial charge >= 0.3 is 39.0 Å². The van der Waals surface area contributed by atoms with Crippen molar-refractivity contribution < 1.29 is 78.6 Å². The van der Waals surface area contributed by atoms with E-state index in [0.717, 1.165) is 6.92 Å². The zero-order valence-electron chi connectivity index (χ0n) is 9.46. The van der Waals surface area contributed by atoms with E-state index in [1.807, 2.05) is 0 Å². The molecule has 0 aromatic rings. The van der Waals surface area contributed by atoms with Crippen LogP contribution in [0, 0.1) is 11.3 Å².